The number of ether oxygens (including phenoxy) is 1. The van der Waals surface area contributed by atoms with Crippen LogP contribution in [0.1, 0.15) is 77.3 Å². The molecule has 0 radical (unpaired) electrons. The number of carbonyl (C=O) groups excluding carboxylic acids is 1. The Kier molecular flexibility index (Phi) is 6.86. The van der Waals surface area contributed by atoms with Gasteiger partial charge in [0.05, 0.1) is 11.1 Å². The summed E-state index contributed by atoms with van der Waals surface area (Å²) < 4.78 is 6.25. The van der Waals surface area contributed by atoms with Crippen molar-refractivity contribution in [2.24, 2.45) is 16.5 Å². The molecule has 4 heterocycles. The van der Waals surface area contributed by atoms with Gasteiger partial charge in [-0.1, -0.05) is 18.0 Å². The van der Waals surface area contributed by atoms with Crippen LogP contribution in [0.25, 0.3) is 0 Å². The van der Waals surface area contributed by atoms with Crippen molar-refractivity contribution in [1.29, 1.82) is 0 Å². The summed E-state index contributed by atoms with van der Waals surface area (Å²) in [6, 6.07) is 3.60. The molecule has 0 aromatic carbocycles. The van der Waals surface area contributed by atoms with E-state index < -0.39 is 0 Å². The number of hydrogen-bond acceptors (Lipinski definition) is 9. The normalized spacial score (nSPS) is 36.4. The average molecular weight is 511 g/mol. The number of oxime groups is 1. The van der Waals surface area contributed by atoms with Crippen molar-refractivity contribution in [1.82, 2.24) is 20.2 Å². The van der Waals surface area contributed by atoms with Crippen LogP contribution in [0.2, 0.25) is 0 Å². The van der Waals surface area contributed by atoms with Crippen molar-refractivity contribution < 1.29 is 14.4 Å². The van der Waals surface area contributed by atoms with E-state index in [4.69, 9.17) is 19.5 Å². The van der Waals surface area contributed by atoms with Gasteiger partial charge >= 0.3 is 6.01 Å². The maximum Gasteiger partial charge on any atom is 0.319 e. The second kappa shape index (κ2) is 10.1. The first-order valence-corrected chi connectivity index (χ1v) is 14.4. The lowest BCUT2D eigenvalue weighted by Crippen LogP contribution is -2.54. The zero-order valence-corrected chi connectivity index (χ0v) is 22.6. The standard InChI is InChI=1S/C28H42N6O3/c1-18-15-34(16-19(2)29-18)24-14-22(30-27(31-24)36-17-20-8-7-13-33(20)3)25-21-9-6-12-28(26(21)37-32-25)11-5-4-10-23(28)35/h14,18-21,26,29H,4-13,15-17H2,1-3H3/t18-,19-,20-,21?,26+,28+/m0/s1. The van der Waals surface area contributed by atoms with E-state index in [-0.39, 0.29) is 17.4 Å². The highest BCUT2D eigenvalue weighted by atomic mass is 16.6. The molecule has 37 heavy (non-hydrogen) atoms. The average Bonchev–Trinajstić information content (AvgIpc) is 3.51. The van der Waals surface area contributed by atoms with Gasteiger partial charge in [0.1, 0.15) is 30.0 Å². The Balaban J connectivity index is 1.30. The van der Waals surface area contributed by atoms with E-state index in [9.17, 15) is 4.79 Å². The molecule has 2 aliphatic carbocycles. The lowest BCUT2D eigenvalue weighted by atomic mass is 9.59. The number of anilines is 1. The molecule has 202 valence electrons. The number of ketones is 1. The first kappa shape index (κ1) is 25.0. The van der Waals surface area contributed by atoms with Crippen LogP contribution < -0.4 is 15.0 Å². The summed E-state index contributed by atoms with van der Waals surface area (Å²) in [5, 5.41) is 8.23. The fourth-order valence-corrected chi connectivity index (χ4v) is 7.51. The quantitative estimate of drug-likeness (QED) is 0.646. The molecule has 1 N–H and O–H groups in total. The number of carbonyl (C=O) groups is 1. The summed E-state index contributed by atoms with van der Waals surface area (Å²) in [6.07, 6.45) is 8.78. The van der Waals surface area contributed by atoms with Gasteiger partial charge in [-0.15, -0.1) is 0 Å². The Labute approximate surface area is 220 Å². The fraction of sp³-hybridized carbons (Fsp3) is 0.786. The number of Topliss-reactive ketones (excluding diaryl/α,β-unsaturated/α-hetero) is 1. The van der Waals surface area contributed by atoms with Gasteiger partial charge in [0, 0.05) is 49.6 Å². The third kappa shape index (κ3) is 4.73. The number of fused-ring (bicyclic) bond motifs is 2. The van der Waals surface area contributed by atoms with Gasteiger partial charge in [0.2, 0.25) is 0 Å². The number of nitrogens with zero attached hydrogens (tertiary/aromatic N) is 5. The van der Waals surface area contributed by atoms with Crippen LogP contribution in [0.5, 0.6) is 6.01 Å². The molecule has 1 aromatic rings. The van der Waals surface area contributed by atoms with Crippen LogP contribution in [-0.4, -0.2) is 83.9 Å². The lowest BCUT2D eigenvalue weighted by Gasteiger charge is -2.44. The van der Waals surface area contributed by atoms with Gasteiger partial charge in [-0.3, -0.25) is 4.79 Å². The van der Waals surface area contributed by atoms with Crippen LogP contribution in [0, 0.1) is 11.3 Å². The van der Waals surface area contributed by atoms with Crippen LogP contribution >= 0.6 is 0 Å². The molecule has 1 spiro atoms. The molecule has 5 aliphatic rings. The van der Waals surface area contributed by atoms with E-state index in [0.29, 0.717) is 42.9 Å². The van der Waals surface area contributed by atoms with Crippen LogP contribution in [0.15, 0.2) is 11.2 Å². The van der Waals surface area contributed by atoms with E-state index >= 15 is 0 Å². The van der Waals surface area contributed by atoms with Gasteiger partial charge in [-0.05, 0) is 66.0 Å². The molecule has 1 aromatic heterocycles. The molecule has 2 saturated heterocycles. The van der Waals surface area contributed by atoms with Gasteiger partial charge in [0.25, 0.3) is 0 Å². The first-order chi connectivity index (χ1) is 17.9. The van der Waals surface area contributed by atoms with E-state index in [1.54, 1.807) is 0 Å². The van der Waals surface area contributed by atoms with Gasteiger partial charge in [-0.2, -0.15) is 9.97 Å². The van der Waals surface area contributed by atoms with Crippen molar-refractivity contribution in [2.45, 2.75) is 95.9 Å². The Morgan fingerprint density at radius 2 is 1.92 bits per heavy atom. The fourth-order valence-electron chi connectivity index (χ4n) is 7.51. The van der Waals surface area contributed by atoms with Crippen molar-refractivity contribution in [3.05, 3.63) is 11.8 Å². The minimum absolute atomic E-state index is 0.0910. The molecule has 2 saturated carbocycles. The molecular weight excluding hydrogens is 468 g/mol. The van der Waals surface area contributed by atoms with Crippen LogP contribution in [0.3, 0.4) is 0 Å². The summed E-state index contributed by atoms with van der Waals surface area (Å²) in [7, 11) is 2.16. The summed E-state index contributed by atoms with van der Waals surface area (Å²) in [5.74, 6) is 1.35. The Bertz CT molecular complexity index is 1030. The van der Waals surface area contributed by atoms with E-state index in [0.717, 1.165) is 81.8 Å². The van der Waals surface area contributed by atoms with E-state index in [2.05, 4.69) is 47.2 Å². The van der Waals surface area contributed by atoms with Gasteiger partial charge in [0.15, 0.2) is 0 Å². The Hall–Kier alpha value is -2.26. The van der Waals surface area contributed by atoms with Gasteiger partial charge < -0.3 is 24.7 Å². The molecule has 0 bridgehead atoms. The van der Waals surface area contributed by atoms with Crippen molar-refractivity contribution in [3.63, 3.8) is 0 Å². The zero-order valence-electron chi connectivity index (χ0n) is 22.6. The highest BCUT2D eigenvalue weighted by Gasteiger charge is 2.56. The topological polar surface area (TPSA) is 92.2 Å². The number of likely N-dealkylation sites (N-methyl/N-ethyl adjacent to an activating group) is 1. The SMILES string of the molecule is C[C@H]1CN(c2cc(C3=NO[C@@H]4C3CCC[C@@]43CCCCC3=O)nc(OC[C@@H]3CCCN3C)n2)C[C@H](C)N1. The van der Waals surface area contributed by atoms with Gasteiger partial charge in [-0.25, -0.2) is 0 Å². The maximum absolute atomic E-state index is 13.2. The first-order valence-electron chi connectivity index (χ1n) is 14.4. The maximum atomic E-state index is 13.2. The second-order valence-electron chi connectivity index (χ2n) is 12.1. The smallest absolute Gasteiger partial charge is 0.319 e. The van der Waals surface area contributed by atoms with E-state index in [1.807, 2.05) is 0 Å². The highest BCUT2D eigenvalue weighted by Crippen LogP contribution is 2.51. The molecule has 9 heteroatoms. The summed E-state index contributed by atoms with van der Waals surface area (Å²) >= 11 is 0. The summed E-state index contributed by atoms with van der Waals surface area (Å²) in [6.45, 7) is 7.85. The minimum atomic E-state index is -0.377. The monoisotopic (exact) mass is 510 g/mol. The summed E-state index contributed by atoms with van der Waals surface area (Å²) in [4.78, 5) is 33.8. The zero-order chi connectivity index (χ0) is 25.6. The minimum Gasteiger partial charge on any atom is -0.462 e. The van der Waals surface area contributed by atoms with E-state index in [1.165, 1.54) is 6.42 Å². The lowest BCUT2D eigenvalue weighted by molar-refractivity contribution is -0.148. The highest BCUT2D eigenvalue weighted by molar-refractivity contribution is 6.03. The molecule has 4 fully saturated rings. The number of piperazine rings is 1. The third-order valence-electron chi connectivity index (χ3n) is 9.41. The predicted molar refractivity (Wildman–Crippen MR) is 142 cm³/mol. The molecule has 3 aliphatic heterocycles. The van der Waals surface area contributed by atoms with Crippen molar-refractivity contribution in [2.75, 3.05) is 38.2 Å². The third-order valence-corrected chi connectivity index (χ3v) is 9.41. The van der Waals surface area contributed by atoms with Crippen molar-refractivity contribution in [3.8, 4) is 6.01 Å². The number of hydrogen-bond donors (Lipinski definition) is 1. The number of aromatic nitrogens is 2. The molecular formula is C28H42N6O3. The molecule has 6 rings (SSSR count). The molecule has 6 atom stereocenters. The number of nitrogens with one attached hydrogen (secondary N) is 1. The predicted octanol–water partition coefficient (Wildman–Crippen LogP) is 3.17. The van der Waals surface area contributed by atoms with Crippen LogP contribution in [0.4, 0.5) is 5.82 Å². The second-order valence-corrected chi connectivity index (χ2v) is 12.1. The molecule has 1 unspecified atom stereocenters. The summed E-state index contributed by atoms with van der Waals surface area (Å²) in [5.41, 5.74) is 1.27. The largest absolute Gasteiger partial charge is 0.462 e. The van der Waals surface area contributed by atoms with Crippen molar-refractivity contribution >= 4 is 17.3 Å². The number of likely N-dealkylation sites (tertiary alicyclic amines) is 1. The Morgan fingerprint density at radius 1 is 1.11 bits per heavy atom. The van der Waals surface area contributed by atoms with Crippen LogP contribution in [-0.2, 0) is 9.63 Å². The molecule has 9 nitrogen and oxygen atoms in total. The number of rotatable bonds is 5. The molecule has 0 amide bonds. The Morgan fingerprint density at radius 3 is 2.68 bits per heavy atom.